The number of nitrogens with one attached hydrogen (secondary N) is 1. The SMILES string of the molecule is CCOC(=O)c1ccc(NN=Nc2ccccc2Cl)cc1. The molecule has 0 spiro atoms. The standard InChI is InChI=1S/C15H14ClN3O2/c1-2-21-15(20)11-7-9-12(10-8-11)17-19-18-14-6-4-3-5-13(14)16/h3-10H,2H2,1H3,(H,17,18). The molecule has 108 valence electrons. The van der Waals surface area contributed by atoms with Crippen LogP contribution in [0.4, 0.5) is 11.4 Å². The predicted molar refractivity (Wildman–Crippen MR) is 82.0 cm³/mol. The van der Waals surface area contributed by atoms with E-state index in [9.17, 15) is 4.79 Å². The molecule has 0 unspecified atom stereocenters. The fourth-order valence-corrected chi connectivity index (χ4v) is 1.74. The molecular weight excluding hydrogens is 290 g/mol. The summed E-state index contributed by atoms with van der Waals surface area (Å²) in [4.78, 5) is 11.5. The van der Waals surface area contributed by atoms with E-state index in [1.54, 1.807) is 43.3 Å². The fourth-order valence-electron chi connectivity index (χ4n) is 1.56. The van der Waals surface area contributed by atoms with Crippen LogP contribution in [-0.4, -0.2) is 12.6 Å². The van der Waals surface area contributed by atoms with Crippen LogP contribution in [0, 0.1) is 0 Å². The monoisotopic (exact) mass is 303 g/mol. The number of carbonyl (C=O) groups excluding carboxylic acids is 1. The van der Waals surface area contributed by atoms with Crippen molar-refractivity contribution in [2.45, 2.75) is 6.92 Å². The Bertz CT molecular complexity index is 642. The number of nitrogens with zero attached hydrogens (tertiary/aromatic N) is 2. The van der Waals surface area contributed by atoms with Gasteiger partial charge >= 0.3 is 5.97 Å². The number of hydrogen-bond acceptors (Lipinski definition) is 4. The number of hydrogen-bond donors (Lipinski definition) is 1. The van der Waals surface area contributed by atoms with Gasteiger partial charge in [-0.1, -0.05) is 29.0 Å². The average Bonchev–Trinajstić information content (AvgIpc) is 2.50. The number of ether oxygens (including phenoxy) is 1. The first-order valence-electron chi connectivity index (χ1n) is 6.39. The molecule has 0 amide bonds. The van der Waals surface area contributed by atoms with Crippen molar-refractivity contribution >= 4 is 28.9 Å². The Morgan fingerprint density at radius 3 is 2.57 bits per heavy atom. The van der Waals surface area contributed by atoms with Crippen LogP contribution in [-0.2, 0) is 4.74 Å². The minimum Gasteiger partial charge on any atom is -0.462 e. The maximum Gasteiger partial charge on any atom is 0.338 e. The lowest BCUT2D eigenvalue weighted by Crippen LogP contribution is -2.04. The Labute approximate surface area is 127 Å². The summed E-state index contributed by atoms with van der Waals surface area (Å²) in [5.74, 6) is -0.346. The van der Waals surface area contributed by atoms with Gasteiger partial charge in [0.1, 0.15) is 5.69 Å². The van der Waals surface area contributed by atoms with Gasteiger partial charge in [0.2, 0.25) is 0 Å². The van der Waals surface area contributed by atoms with Gasteiger partial charge in [-0.2, -0.15) is 0 Å². The van der Waals surface area contributed by atoms with Gasteiger partial charge in [-0.3, -0.25) is 5.43 Å². The van der Waals surface area contributed by atoms with E-state index in [1.165, 1.54) is 0 Å². The zero-order valence-electron chi connectivity index (χ0n) is 11.4. The lowest BCUT2D eigenvalue weighted by molar-refractivity contribution is 0.0526. The molecule has 21 heavy (non-hydrogen) atoms. The van der Waals surface area contributed by atoms with E-state index in [4.69, 9.17) is 16.3 Å². The summed E-state index contributed by atoms with van der Waals surface area (Å²) in [5.41, 5.74) is 4.54. The molecule has 0 aliphatic carbocycles. The zero-order chi connectivity index (χ0) is 15.1. The smallest absolute Gasteiger partial charge is 0.338 e. The largest absolute Gasteiger partial charge is 0.462 e. The number of halogens is 1. The third-order valence-electron chi connectivity index (χ3n) is 2.59. The molecule has 2 aromatic rings. The first-order valence-corrected chi connectivity index (χ1v) is 6.77. The Morgan fingerprint density at radius 2 is 1.90 bits per heavy atom. The summed E-state index contributed by atoms with van der Waals surface area (Å²) in [6.45, 7) is 2.12. The fraction of sp³-hybridized carbons (Fsp3) is 0.133. The van der Waals surface area contributed by atoms with Crippen LogP contribution in [0.15, 0.2) is 58.9 Å². The van der Waals surface area contributed by atoms with Crippen molar-refractivity contribution < 1.29 is 9.53 Å². The summed E-state index contributed by atoms with van der Waals surface area (Å²) in [7, 11) is 0. The molecule has 0 heterocycles. The number of benzene rings is 2. The second-order valence-corrected chi connectivity index (χ2v) is 4.47. The highest BCUT2D eigenvalue weighted by Gasteiger charge is 2.05. The highest BCUT2D eigenvalue weighted by Crippen LogP contribution is 2.24. The second kappa shape index (κ2) is 7.40. The minimum atomic E-state index is -0.346. The van der Waals surface area contributed by atoms with Gasteiger partial charge in [-0.15, -0.1) is 5.11 Å². The van der Waals surface area contributed by atoms with Gasteiger partial charge in [0, 0.05) is 0 Å². The predicted octanol–water partition coefficient (Wildman–Crippen LogP) is 4.63. The molecule has 0 saturated carbocycles. The van der Waals surface area contributed by atoms with Gasteiger partial charge in [0.15, 0.2) is 0 Å². The van der Waals surface area contributed by atoms with E-state index < -0.39 is 0 Å². The summed E-state index contributed by atoms with van der Waals surface area (Å²) >= 11 is 5.96. The molecule has 0 aromatic heterocycles. The van der Waals surface area contributed by atoms with E-state index >= 15 is 0 Å². The van der Waals surface area contributed by atoms with E-state index in [0.717, 1.165) is 0 Å². The van der Waals surface area contributed by atoms with E-state index in [1.807, 2.05) is 12.1 Å². The minimum absolute atomic E-state index is 0.346. The van der Waals surface area contributed by atoms with Gasteiger partial charge < -0.3 is 4.74 Å². The van der Waals surface area contributed by atoms with Crippen molar-refractivity contribution in [1.82, 2.24) is 0 Å². The van der Waals surface area contributed by atoms with Gasteiger partial charge in [0.25, 0.3) is 0 Å². The van der Waals surface area contributed by atoms with Crippen molar-refractivity contribution in [3.8, 4) is 0 Å². The summed E-state index contributed by atoms with van der Waals surface area (Å²) < 4.78 is 4.90. The highest BCUT2D eigenvalue weighted by molar-refractivity contribution is 6.32. The third-order valence-corrected chi connectivity index (χ3v) is 2.90. The third kappa shape index (κ3) is 4.29. The molecule has 0 bridgehead atoms. The van der Waals surface area contributed by atoms with Gasteiger partial charge in [-0.25, -0.2) is 4.79 Å². The van der Waals surface area contributed by atoms with Crippen LogP contribution in [0.25, 0.3) is 0 Å². The topological polar surface area (TPSA) is 63.0 Å². The Balaban J connectivity index is 1.98. The number of carbonyl (C=O) groups is 1. The van der Waals surface area contributed by atoms with Crippen LogP contribution >= 0.6 is 11.6 Å². The average molecular weight is 304 g/mol. The van der Waals surface area contributed by atoms with E-state index in [2.05, 4.69) is 15.8 Å². The molecule has 0 saturated heterocycles. The Hall–Kier alpha value is -2.40. The maximum atomic E-state index is 11.5. The molecule has 2 aromatic carbocycles. The second-order valence-electron chi connectivity index (χ2n) is 4.06. The molecule has 5 nitrogen and oxygen atoms in total. The first-order chi connectivity index (χ1) is 10.2. The highest BCUT2D eigenvalue weighted by atomic mass is 35.5. The van der Waals surface area contributed by atoms with Crippen LogP contribution in [0.5, 0.6) is 0 Å². The first kappa shape index (κ1) is 15.0. The molecule has 0 fully saturated rings. The number of anilines is 1. The summed E-state index contributed by atoms with van der Waals surface area (Å²) in [5, 5.41) is 8.36. The molecule has 0 radical (unpaired) electrons. The number of rotatable bonds is 5. The summed E-state index contributed by atoms with van der Waals surface area (Å²) in [6, 6.07) is 13.9. The molecule has 0 atom stereocenters. The van der Waals surface area contributed by atoms with Gasteiger partial charge in [0.05, 0.1) is 22.9 Å². The molecule has 0 aliphatic rings. The Morgan fingerprint density at radius 1 is 1.19 bits per heavy atom. The van der Waals surface area contributed by atoms with Crippen LogP contribution < -0.4 is 5.43 Å². The Kier molecular flexibility index (Phi) is 5.29. The lowest BCUT2D eigenvalue weighted by atomic mass is 10.2. The van der Waals surface area contributed by atoms with Crippen LogP contribution in [0.2, 0.25) is 5.02 Å². The molecule has 2 rings (SSSR count). The van der Waals surface area contributed by atoms with Crippen molar-refractivity contribution in [2.75, 3.05) is 12.0 Å². The normalized spacial score (nSPS) is 10.6. The molecule has 0 aliphatic heterocycles. The molecule has 1 N–H and O–H groups in total. The maximum absolute atomic E-state index is 11.5. The van der Waals surface area contributed by atoms with Crippen molar-refractivity contribution in [2.24, 2.45) is 10.3 Å². The lowest BCUT2D eigenvalue weighted by Gasteiger charge is -2.03. The van der Waals surface area contributed by atoms with E-state index in [0.29, 0.717) is 28.6 Å². The molecule has 6 heteroatoms. The summed E-state index contributed by atoms with van der Waals surface area (Å²) in [6.07, 6.45) is 0. The van der Waals surface area contributed by atoms with Crippen molar-refractivity contribution in [3.63, 3.8) is 0 Å². The van der Waals surface area contributed by atoms with Crippen molar-refractivity contribution in [3.05, 3.63) is 59.1 Å². The molecular formula is C15H14ClN3O2. The van der Waals surface area contributed by atoms with E-state index in [-0.39, 0.29) is 5.97 Å². The number of esters is 1. The van der Waals surface area contributed by atoms with Gasteiger partial charge in [-0.05, 0) is 43.3 Å². The quantitative estimate of drug-likeness (QED) is 0.497. The zero-order valence-corrected chi connectivity index (χ0v) is 12.2. The van der Waals surface area contributed by atoms with Crippen molar-refractivity contribution in [1.29, 1.82) is 0 Å². The van der Waals surface area contributed by atoms with Crippen LogP contribution in [0.1, 0.15) is 17.3 Å². The van der Waals surface area contributed by atoms with Crippen LogP contribution in [0.3, 0.4) is 0 Å².